The summed E-state index contributed by atoms with van der Waals surface area (Å²) in [6.07, 6.45) is 6.84. The summed E-state index contributed by atoms with van der Waals surface area (Å²) in [6, 6.07) is 10.2. The Morgan fingerprint density at radius 1 is 1.28 bits per heavy atom. The average molecular weight is 337 g/mol. The summed E-state index contributed by atoms with van der Waals surface area (Å²) in [7, 11) is 1.68. The van der Waals surface area contributed by atoms with Gasteiger partial charge >= 0.3 is 0 Å². The maximum atomic E-state index is 9.76. The molecule has 2 unspecified atom stereocenters. The number of fused-ring (bicyclic) bond motifs is 1. The van der Waals surface area contributed by atoms with Crippen molar-refractivity contribution in [2.24, 2.45) is 0 Å². The smallest absolute Gasteiger partial charge is 0.145 e. The molecule has 1 saturated carbocycles. The van der Waals surface area contributed by atoms with Crippen LogP contribution in [0.3, 0.4) is 0 Å². The van der Waals surface area contributed by atoms with Gasteiger partial charge in [0.05, 0.1) is 18.6 Å². The second-order valence-electron chi connectivity index (χ2n) is 6.28. The lowest BCUT2D eigenvalue weighted by Gasteiger charge is -2.13. The highest BCUT2D eigenvalue weighted by molar-refractivity contribution is 5.87. The number of rotatable bonds is 5. The van der Waals surface area contributed by atoms with Gasteiger partial charge in [0.15, 0.2) is 0 Å². The number of benzene rings is 1. The van der Waals surface area contributed by atoms with E-state index < -0.39 is 0 Å². The summed E-state index contributed by atoms with van der Waals surface area (Å²) in [5.74, 6) is 1.66. The monoisotopic (exact) mass is 337 g/mol. The first-order valence-electron chi connectivity index (χ1n) is 8.45. The minimum absolute atomic E-state index is 0.254. The van der Waals surface area contributed by atoms with E-state index in [0.29, 0.717) is 6.54 Å². The van der Waals surface area contributed by atoms with Gasteiger partial charge in [-0.25, -0.2) is 9.97 Å². The maximum absolute atomic E-state index is 9.76. The molecule has 2 heterocycles. The fourth-order valence-electron chi connectivity index (χ4n) is 3.45. The van der Waals surface area contributed by atoms with Gasteiger partial charge < -0.3 is 19.7 Å². The second kappa shape index (κ2) is 6.72. The van der Waals surface area contributed by atoms with E-state index in [4.69, 9.17) is 4.74 Å². The van der Waals surface area contributed by atoms with Crippen LogP contribution in [-0.2, 0) is 6.54 Å². The largest absolute Gasteiger partial charge is 0.496 e. The van der Waals surface area contributed by atoms with Crippen LogP contribution in [0.5, 0.6) is 5.75 Å². The van der Waals surface area contributed by atoms with E-state index in [2.05, 4.69) is 19.9 Å². The number of ether oxygens (including phenoxy) is 1. The van der Waals surface area contributed by atoms with Gasteiger partial charge in [-0.15, -0.1) is 0 Å². The van der Waals surface area contributed by atoms with Crippen molar-refractivity contribution in [3.8, 4) is 5.75 Å². The molecule has 1 aliphatic carbocycles. The van der Waals surface area contributed by atoms with Crippen LogP contribution in [0, 0.1) is 6.42 Å². The van der Waals surface area contributed by atoms with Crippen LogP contribution < -0.4 is 10.1 Å². The van der Waals surface area contributed by atoms with Gasteiger partial charge in [0, 0.05) is 24.3 Å². The SMILES string of the molecule is COc1ccccc1CNc1ncnc2c1ccn2C1C[CH]C(O)C1. The van der Waals surface area contributed by atoms with Gasteiger partial charge in [-0.3, -0.25) is 0 Å². The lowest BCUT2D eigenvalue weighted by molar-refractivity contribution is 0.206. The average Bonchev–Trinajstić information content (AvgIpc) is 3.26. The van der Waals surface area contributed by atoms with Crippen LogP contribution in [0.1, 0.15) is 24.4 Å². The topological polar surface area (TPSA) is 72.2 Å². The van der Waals surface area contributed by atoms with E-state index >= 15 is 0 Å². The molecule has 0 bridgehead atoms. The summed E-state index contributed by atoms with van der Waals surface area (Å²) < 4.78 is 7.54. The van der Waals surface area contributed by atoms with E-state index in [0.717, 1.165) is 41.0 Å². The number of aliphatic hydroxyl groups excluding tert-OH is 1. The maximum Gasteiger partial charge on any atom is 0.145 e. The van der Waals surface area contributed by atoms with E-state index in [1.165, 1.54) is 0 Å². The summed E-state index contributed by atoms with van der Waals surface area (Å²) in [6.45, 7) is 0.622. The summed E-state index contributed by atoms with van der Waals surface area (Å²) in [5, 5.41) is 14.1. The third kappa shape index (κ3) is 3.05. The fraction of sp³-hybridized carbons (Fsp3) is 0.316. The highest BCUT2D eigenvalue weighted by Crippen LogP contribution is 2.33. The molecule has 0 spiro atoms. The first-order chi connectivity index (χ1) is 12.3. The normalized spacial score (nSPS) is 20.1. The van der Waals surface area contributed by atoms with Crippen molar-refractivity contribution in [1.82, 2.24) is 14.5 Å². The molecule has 4 rings (SSSR count). The van der Waals surface area contributed by atoms with Crippen molar-refractivity contribution >= 4 is 16.9 Å². The van der Waals surface area contributed by atoms with Crippen molar-refractivity contribution in [3.05, 3.63) is 54.8 Å². The molecular formula is C19H21N4O2. The Morgan fingerprint density at radius 2 is 2.16 bits per heavy atom. The molecule has 6 nitrogen and oxygen atoms in total. The molecular weight excluding hydrogens is 316 g/mol. The molecule has 25 heavy (non-hydrogen) atoms. The van der Waals surface area contributed by atoms with E-state index in [-0.39, 0.29) is 12.1 Å². The molecule has 3 aromatic rings. The fourth-order valence-corrected chi connectivity index (χ4v) is 3.45. The number of nitrogens with zero attached hydrogens (tertiary/aromatic N) is 3. The van der Waals surface area contributed by atoms with Gasteiger partial charge in [0.1, 0.15) is 23.5 Å². The zero-order valence-electron chi connectivity index (χ0n) is 14.1. The number of anilines is 1. The van der Waals surface area contributed by atoms with Gasteiger partial charge in [-0.2, -0.15) is 0 Å². The predicted molar refractivity (Wildman–Crippen MR) is 96.4 cm³/mol. The first kappa shape index (κ1) is 15.9. The Balaban J connectivity index is 1.59. The number of methoxy groups -OCH3 is 1. The Kier molecular flexibility index (Phi) is 4.28. The third-order valence-corrected chi connectivity index (χ3v) is 4.74. The Bertz CT molecular complexity index is 877. The van der Waals surface area contributed by atoms with Crippen molar-refractivity contribution in [1.29, 1.82) is 0 Å². The Labute approximate surface area is 146 Å². The lowest BCUT2D eigenvalue weighted by Crippen LogP contribution is -2.08. The zero-order valence-corrected chi connectivity index (χ0v) is 14.1. The lowest BCUT2D eigenvalue weighted by atomic mass is 10.2. The van der Waals surface area contributed by atoms with Gasteiger partial charge in [0.25, 0.3) is 0 Å². The quantitative estimate of drug-likeness (QED) is 0.749. The highest BCUT2D eigenvalue weighted by atomic mass is 16.5. The first-order valence-corrected chi connectivity index (χ1v) is 8.45. The number of aliphatic hydroxyl groups is 1. The minimum atomic E-state index is -0.326. The molecule has 1 aromatic carbocycles. The third-order valence-electron chi connectivity index (χ3n) is 4.74. The number of para-hydroxylation sites is 1. The Morgan fingerprint density at radius 3 is 2.96 bits per heavy atom. The molecule has 129 valence electrons. The zero-order chi connectivity index (χ0) is 17.2. The Hall–Kier alpha value is -2.60. The van der Waals surface area contributed by atoms with Gasteiger partial charge in [0.2, 0.25) is 0 Å². The van der Waals surface area contributed by atoms with Crippen LogP contribution in [0.4, 0.5) is 5.82 Å². The van der Waals surface area contributed by atoms with Crippen LogP contribution in [-0.4, -0.2) is 32.9 Å². The van der Waals surface area contributed by atoms with Crippen LogP contribution in [0.25, 0.3) is 11.0 Å². The molecule has 2 atom stereocenters. The van der Waals surface area contributed by atoms with Crippen molar-refractivity contribution in [2.45, 2.75) is 31.5 Å². The molecule has 1 radical (unpaired) electrons. The summed E-state index contributed by atoms with van der Waals surface area (Å²) in [4.78, 5) is 8.85. The highest BCUT2D eigenvalue weighted by Gasteiger charge is 2.26. The molecule has 2 N–H and O–H groups in total. The minimum Gasteiger partial charge on any atom is -0.496 e. The van der Waals surface area contributed by atoms with Gasteiger partial charge in [-0.05, 0) is 31.4 Å². The van der Waals surface area contributed by atoms with E-state index in [1.54, 1.807) is 13.4 Å². The second-order valence-corrected chi connectivity index (χ2v) is 6.28. The van der Waals surface area contributed by atoms with Crippen molar-refractivity contribution in [3.63, 3.8) is 0 Å². The van der Waals surface area contributed by atoms with Crippen LogP contribution in [0.15, 0.2) is 42.9 Å². The molecule has 0 aliphatic heterocycles. The summed E-state index contributed by atoms with van der Waals surface area (Å²) in [5.41, 5.74) is 1.97. The number of hydrogen-bond donors (Lipinski definition) is 2. The number of nitrogens with one attached hydrogen (secondary N) is 1. The van der Waals surface area contributed by atoms with Crippen molar-refractivity contribution in [2.75, 3.05) is 12.4 Å². The molecule has 0 saturated heterocycles. The standard InChI is InChI=1S/C19H21N4O2/c1-25-17-5-3-2-4-13(17)11-20-18-16-8-9-23(19(16)22-12-21-18)14-6-7-15(24)10-14/h2-5,7-9,12,14-15,24H,6,10-11H2,1H3,(H,20,21,22). The molecule has 1 aliphatic rings. The van der Waals surface area contributed by atoms with Crippen molar-refractivity contribution < 1.29 is 9.84 Å². The predicted octanol–water partition coefficient (Wildman–Crippen LogP) is 2.95. The van der Waals surface area contributed by atoms with E-state index in [9.17, 15) is 5.11 Å². The molecule has 6 heteroatoms. The van der Waals surface area contributed by atoms with Crippen LogP contribution in [0.2, 0.25) is 0 Å². The summed E-state index contributed by atoms with van der Waals surface area (Å²) >= 11 is 0. The molecule has 0 amide bonds. The molecule has 2 aromatic heterocycles. The van der Waals surface area contributed by atoms with Crippen LogP contribution >= 0.6 is 0 Å². The number of hydrogen-bond acceptors (Lipinski definition) is 5. The van der Waals surface area contributed by atoms with E-state index in [1.807, 2.05) is 42.9 Å². The van der Waals surface area contributed by atoms with Gasteiger partial charge in [-0.1, -0.05) is 18.2 Å². The molecule has 1 fully saturated rings. The number of aromatic nitrogens is 3.